The number of hydrogen-bond acceptors (Lipinski definition) is 9. The Hall–Kier alpha value is -2.87. The summed E-state index contributed by atoms with van der Waals surface area (Å²) < 4.78 is 26.6. The van der Waals surface area contributed by atoms with E-state index in [0.29, 0.717) is 0 Å². The number of alkyl halides is 2. The van der Waals surface area contributed by atoms with Crippen molar-refractivity contribution in [1.29, 1.82) is 0 Å². The summed E-state index contributed by atoms with van der Waals surface area (Å²) in [5.74, 6) is -9.53. The minimum absolute atomic E-state index is 1.12. The van der Waals surface area contributed by atoms with Crippen molar-refractivity contribution in [3.05, 3.63) is 40.5 Å². The molecule has 0 amide bonds. The molecule has 0 aromatic rings. The first-order chi connectivity index (χ1) is 9.87. The lowest BCUT2D eigenvalue weighted by atomic mass is 10.1. The topological polar surface area (TPSA) is 190 Å². The van der Waals surface area contributed by atoms with Gasteiger partial charge in [-0.1, -0.05) is 8.78 Å². The summed E-state index contributed by atoms with van der Waals surface area (Å²) in [5.41, 5.74) is 0. The van der Waals surface area contributed by atoms with Gasteiger partial charge in [0.05, 0.1) is 0 Å². The van der Waals surface area contributed by atoms with Crippen molar-refractivity contribution >= 4 is 5.78 Å². The van der Waals surface area contributed by atoms with Crippen LogP contribution in [0.2, 0.25) is 0 Å². The van der Waals surface area contributed by atoms with Crippen LogP contribution in [0.4, 0.5) is 8.78 Å². The van der Waals surface area contributed by atoms with E-state index in [1.54, 1.807) is 0 Å². The Morgan fingerprint density at radius 2 is 0.955 bits per heavy atom. The van der Waals surface area contributed by atoms with Gasteiger partial charge in [-0.3, -0.25) is 45.3 Å². The number of Topliss-reactive ketones (excluding diaryl/α,β-unsaturated/α-hetero) is 1. The van der Waals surface area contributed by atoms with E-state index >= 15 is 0 Å². The molecule has 0 unspecified atom stereocenters. The summed E-state index contributed by atoms with van der Waals surface area (Å²) in [7, 11) is 0. The third-order valence-electron chi connectivity index (χ3n) is 2.56. The Kier molecular flexibility index (Phi) is 5.85. The van der Waals surface area contributed by atoms with Crippen LogP contribution in [0.3, 0.4) is 0 Å². The average molecular weight is 330 g/mol. The summed E-state index contributed by atoms with van der Waals surface area (Å²) >= 11 is 0. The van der Waals surface area contributed by atoms with Crippen molar-refractivity contribution < 1.29 is 33.3 Å². The standard InChI is InChI=1S/C7H8F2N4O9/c8-6(10(15)16,11(17)18)3-1-5(14)2-4-7(9,12(19)20)13(21)22/h1-4H2. The van der Waals surface area contributed by atoms with Gasteiger partial charge < -0.3 is 0 Å². The van der Waals surface area contributed by atoms with E-state index in [-0.39, 0.29) is 0 Å². The molecule has 0 fully saturated rings. The minimum Gasteiger partial charge on any atom is -0.300 e. The van der Waals surface area contributed by atoms with Crippen molar-refractivity contribution in [3.63, 3.8) is 0 Å². The first kappa shape index (κ1) is 19.1. The monoisotopic (exact) mass is 330 g/mol. The third-order valence-corrected chi connectivity index (χ3v) is 2.56. The van der Waals surface area contributed by atoms with Crippen LogP contribution in [0.1, 0.15) is 25.7 Å². The van der Waals surface area contributed by atoms with E-state index < -0.39 is 63.0 Å². The van der Waals surface area contributed by atoms with Crippen LogP contribution in [0.15, 0.2) is 0 Å². The first-order valence-corrected chi connectivity index (χ1v) is 5.35. The molecular formula is C7H8F2N4O9. The van der Waals surface area contributed by atoms with Gasteiger partial charge in [-0.25, -0.2) is 0 Å². The van der Waals surface area contributed by atoms with Crippen LogP contribution >= 0.6 is 0 Å². The van der Waals surface area contributed by atoms with Crippen LogP contribution in [0.25, 0.3) is 0 Å². The zero-order chi connectivity index (χ0) is 17.7. The molecule has 0 saturated heterocycles. The highest BCUT2D eigenvalue weighted by atomic mass is 19.2. The normalized spacial score (nSPS) is 11.7. The number of carbonyl (C=O) groups is 1. The molecule has 0 aliphatic carbocycles. The number of rotatable bonds is 10. The summed E-state index contributed by atoms with van der Waals surface area (Å²) in [6, 6.07) is 0. The van der Waals surface area contributed by atoms with Crippen molar-refractivity contribution in [2.45, 2.75) is 37.5 Å². The molecule has 22 heavy (non-hydrogen) atoms. The zero-order valence-electron chi connectivity index (χ0n) is 10.5. The van der Waals surface area contributed by atoms with Gasteiger partial charge in [0.1, 0.15) is 38.3 Å². The van der Waals surface area contributed by atoms with Gasteiger partial charge >= 0.3 is 11.8 Å². The second-order valence-electron chi connectivity index (χ2n) is 4.00. The maximum atomic E-state index is 13.3. The maximum Gasteiger partial charge on any atom is 0.614 e. The van der Waals surface area contributed by atoms with Crippen LogP contribution in [0, 0.1) is 40.5 Å². The lowest BCUT2D eigenvalue weighted by molar-refractivity contribution is -0.832. The van der Waals surface area contributed by atoms with Crippen molar-refractivity contribution in [1.82, 2.24) is 0 Å². The molecule has 0 N–H and O–H groups in total. The Bertz CT molecular complexity index is 452. The molecule has 0 saturated carbocycles. The van der Waals surface area contributed by atoms with E-state index in [9.17, 15) is 54.0 Å². The van der Waals surface area contributed by atoms with E-state index in [1.807, 2.05) is 0 Å². The lowest BCUT2D eigenvalue weighted by Crippen LogP contribution is -2.43. The van der Waals surface area contributed by atoms with Gasteiger partial charge in [0.25, 0.3) is 0 Å². The fraction of sp³-hybridized carbons (Fsp3) is 0.857. The molecular weight excluding hydrogens is 322 g/mol. The Labute approximate surface area is 118 Å². The Balaban J connectivity index is 4.72. The lowest BCUT2D eigenvalue weighted by Gasteiger charge is -2.09. The largest absolute Gasteiger partial charge is 0.614 e. The quantitative estimate of drug-likeness (QED) is 0.237. The second kappa shape index (κ2) is 6.72. The average Bonchev–Trinajstić information content (AvgIpc) is 2.40. The van der Waals surface area contributed by atoms with Crippen LogP contribution < -0.4 is 0 Å². The van der Waals surface area contributed by atoms with Crippen LogP contribution in [0.5, 0.6) is 0 Å². The predicted molar refractivity (Wildman–Crippen MR) is 59.1 cm³/mol. The van der Waals surface area contributed by atoms with E-state index in [4.69, 9.17) is 0 Å². The van der Waals surface area contributed by atoms with Gasteiger partial charge in [-0.2, -0.15) is 0 Å². The molecule has 0 aliphatic heterocycles. The zero-order valence-corrected chi connectivity index (χ0v) is 10.5. The molecule has 0 atom stereocenters. The van der Waals surface area contributed by atoms with E-state index in [1.165, 1.54) is 0 Å². The molecule has 0 rings (SSSR count). The van der Waals surface area contributed by atoms with E-state index in [0.717, 1.165) is 0 Å². The molecule has 0 spiro atoms. The van der Waals surface area contributed by atoms with Crippen molar-refractivity contribution in [2.24, 2.45) is 0 Å². The predicted octanol–water partition coefficient (Wildman–Crippen LogP) is 0.469. The minimum atomic E-state index is -4.14. The van der Waals surface area contributed by atoms with Crippen LogP contribution in [-0.2, 0) is 4.79 Å². The molecule has 0 aromatic carbocycles. The van der Waals surface area contributed by atoms with Gasteiger partial charge in [0.15, 0.2) is 0 Å². The summed E-state index contributed by atoms with van der Waals surface area (Å²) in [6.45, 7) is 0. The smallest absolute Gasteiger partial charge is 0.300 e. The van der Waals surface area contributed by atoms with Crippen molar-refractivity contribution in [2.75, 3.05) is 0 Å². The number of halogens is 2. The molecule has 13 nitrogen and oxygen atoms in total. The number of nitrogens with zero attached hydrogens (tertiary/aromatic N) is 4. The molecule has 0 aromatic heterocycles. The highest BCUT2D eigenvalue weighted by molar-refractivity contribution is 5.78. The summed E-state index contributed by atoms with van der Waals surface area (Å²) in [5, 5.41) is 40.8. The SMILES string of the molecule is O=C(CCC(F)([N+](=O)[O-])[N+](=O)[O-])CCC(F)([N+](=O)[O-])[N+](=O)[O-]. The second-order valence-corrected chi connectivity index (χ2v) is 4.00. The molecule has 124 valence electrons. The fourth-order valence-corrected chi connectivity index (χ4v) is 1.22. The van der Waals surface area contributed by atoms with Crippen molar-refractivity contribution in [3.8, 4) is 0 Å². The van der Waals surface area contributed by atoms with Gasteiger partial charge in [-0.15, -0.1) is 0 Å². The molecule has 0 bridgehead atoms. The first-order valence-electron chi connectivity index (χ1n) is 5.35. The molecule has 0 radical (unpaired) electrons. The Morgan fingerprint density at radius 3 is 1.14 bits per heavy atom. The molecule has 15 heteroatoms. The van der Waals surface area contributed by atoms with Gasteiger partial charge in [0, 0.05) is 12.8 Å². The summed E-state index contributed by atoms with van der Waals surface area (Å²) in [6.07, 6.45) is -5.24. The number of ketones is 1. The summed E-state index contributed by atoms with van der Waals surface area (Å²) in [4.78, 5) is 44.5. The number of nitro groups is 4. The van der Waals surface area contributed by atoms with Gasteiger partial charge in [-0.05, 0) is 0 Å². The third kappa shape index (κ3) is 4.06. The van der Waals surface area contributed by atoms with Gasteiger partial charge in [0.2, 0.25) is 0 Å². The van der Waals surface area contributed by atoms with Crippen LogP contribution in [-0.4, -0.2) is 37.3 Å². The molecule has 0 aliphatic rings. The maximum absolute atomic E-state index is 13.3. The number of hydrogen-bond donors (Lipinski definition) is 0. The fourth-order valence-electron chi connectivity index (χ4n) is 1.22. The highest BCUT2D eigenvalue weighted by Crippen LogP contribution is 2.23. The number of carbonyl (C=O) groups excluding carboxylic acids is 1. The Morgan fingerprint density at radius 1 is 0.727 bits per heavy atom. The highest BCUT2D eigenvalue weighted by Gasteiger charge is 2.59. The van der Waals surface area contributed by atoms with E-state index in [2.05, 4.69) is 0 Å². The molecule has 0 heterocycles.